The molecule has 0 fully saturated rings. The molecule has 0 amide bonds. The summed E-state index contributed by atoms with van der Waals surface area (Å²) in [5, 5.41) is 12.1. The van der Waals surface area contributed by atoms with Crippen LogP contribution in [-0.2, 0) is 6.42 Å². The molecule has 5 nitrogen and oxygen atoms in total. The Labute approximate surface area is 89.7 Å². The third kappa shape index (κ3) is 3.06. The first-order chi connectivity index (χ1) is 7.19. The number of nitrogens with zero attached hydrogens (tertiary/aromatic N) is 2. The van der Waals surface area contributed by atoms with Crippen molar-refractivity contribution in [2.45, 2.75) is 20.3 Å². The molecule has 0 aliphatic carbocycles. The molecule has 4 N–H and O–H groups in total. The van der Waals surface area contributed by atoms with E-state index in [-0.39, 0.29) is 12.5 Å². The monoisotopic (exact) mass is 210 g/mol. The van der Waals surface area contributed by atoms with Crippen molar-refractivity contribution in [2.75, 3.05) is 24.2 Å². The smallest absolute Gasteiger partial charge is 0.134 e. The van der Waals surface area contributed by atoms with Gasteiger partial charge in [0.2, 0.25) is 0 Å². The van der Waals surface area contributed by atoms with Crippen LogP contribution in [0.5, 0.6) is 0 Å². The van der Waals surface area contributed by atoms with E-state index in [4.69, 9.17) is 10.8 Å². The summed E-state index contributed by atoms with van der Waals surface area (Å²) in [4.78, 5) is 8.07. The van der Waals surface area contributed by atoms with Crippen LogP contribution in [0.25, 0.3) is 0 Å². The quantitative estimate of drug-likeness (QED) is 0.665. The van der Waals surface area contributed by atoms with Crippen LogP contribution >= 0.6 is 0 Å². The fourth-order valence-corrected chi connectivity index (χ4v) is 1.26. The van der Waals surface area contributed by atoms with Gasteiger partial charge in [-0.1, -0.05) is 13.8 Å². The van der Waals surface area contributed by atoms with Crippen LogP contribution in [0, 0.1) is 5.92 Å². The predicted molar refractivity (Wildman–Crippen MR) is 60.6 cm³/mol. The molecule has 84 valence electrons. The predicted octanol–water partition coefficient (Wildman–Crippen LogP) is 0.662. The number of aliphatic hydroxyl groups is 1. The molecule has 1 heterocycles. The maximum absolute atomic E-state index is 8.90. The van der Waals surface area contributed by atoms with E-state index < -0.39 is 0 Å². The Balaban J connectivity index is 2.72. The average Bonchev–Trinajstić information content (AvgIpc) is 2.25. The summed E-state index contributed by atoms with van der Waals surface area (Å²) in [6.45, 7) is 4.81. The summed E-state index contributed by atoms with van der Waals surface area (Å²) in [5.74, 6) is 1.49. The Morgan fingerprint density at radius 3 is 2.87 bits per heavy atom. The summed E-state index contributed by atoms with van der Waals surface area (Å²) in [5.41, 5.74) is 6.66. The SMILES string of the molecule is CCc1c(N)ncnc1NCC(C)CO. The lowest BCUT2D eigenvalue weighted by molar-refractivity contribution is 0.244. The van der Waals surface area contributed by atoms with Crippen molar-refractivity contribution in [3.05, 3.63) is 11.9 Å². The fraction of sp³-hybridized carbons (Fsp3) is 0.600. The summed E-state index contributed by atoms with van der Waals surface area (Å²) < 4.78 is 0. The largest absolute Gasteiger partial charge is 0.396 e. The topological polar surface area (TPSA) is 84.1 Å². The molecule has 1 aromatic rings. The number of aliphatic hydroxyl groups excluding tert-OH is 1. The van der Waals surface area contributed by atoms with Gasteiger partial charge < -0.3 is 16.2 Å². The van der Waals surface area contributed by atoms with Crippen molar-refractivity contribution in [2.24, 2.45) is 5.92 Å². The average molecular weight is 210 g/mol. The van der Waals surface area contributed by atoms with Crippen LogP contribution in [0.3, 0.4) is 0 Å². The molecule has 5 heteroatoms. The number of hydrogen-bond donors (Lipinski definition) is 3. The Bertz CT molecular complexity index is 316. The van der Waals surface area contributed by atoms with Gasteiger partial charge in [0.15, 0.2) is 0 Å². The lowest BCUT2D eigenvalue weighted by Crippen LogP contribution is -2.17. The second-order valence-corrected chi connectivity index (χ2v) is 3.61. The van der Waals surface area contributed by atoms with Crippen molar-refractivity contribution in [3.8, 4) is 0 Å². The lowest BCUT2D eigenvalue weighted by Gasteiger charge is -2.13. The molecular weight excluding hydrogens is 192 g/mol. The Morgan fingerprint density at radius 1 is 1.53 bits per heavy atom. The zero-order valence-electron chi connectivity index (χ0n) is 9.20. The number of anilines is 2. The van der Waals surface area contributed by atoms with Crippen LogP contribution in [0.2, 0.25) is 0 Å². The maximum Gasteiger partial charge on any atom is 0.134 e. The van der Waals surface area contributed by atoms with Crippen molar-refractivity contribution in [1.82, 2.24) is 9.97 Å². The molecule has 1 aromatic heterocycles. The molecule has 0 bridgehead atoms. The molecule has 0 aromatic carbocycles. The van der Waals surface area contributed by atoms with Gasteiger partial charge in [0.05, 0.1) is 0 Å². The molecule has 0 aliphatic rings. The first-order valence-corrected chi connectivity index (χ1v) is 5.13. The van der Waals surface area contributed by atoms with E-state index in [0.29, 0.717) is 12.4 Å². The number of nitrogens with one attached hydrogen (secondary N) is 1. The Morgan fingerprint density at radius 2 is 2.27 bits per heavy atom. The minimum Gasteiger partial charge on any atom is -0.396 e. The number of nitrogens with two attached hydrogens (primary N) is 1. The van der Waals surface area contributed by atoms with Crippen LogP contribution in [0.15, 0.2) is 6.33 Å². The Kier molecular flexibility index (Phi) is 4.30. The summed E-state index contributed by atoms with van der Waals surface area (Å²) in [7, 11) is 0. The number of nitrogen functional groups attached to an aromatic ring is 1. The van der Waals surface area contributed by atoms with Gasteiger partial charge in [-0.2, -0.15) is 0 Å². The standard InChI is InChI=1S/C10H18N4O/c1-3-8-9(11)13-6-14-10(8)12-4-7(2)5-15/h6-7,15H,3-5H2,1-2H3,(H3,11,12,13,14). The summed E-state index contributed by atoms with van der Waals surface area (Å²) in [6, 6.07) is 0. The fourth-order valence-electron chi connectivity index (χ4n) is 1.26. The first kappa shape index (κ1) is 11.7. The van der Waals surface area contributed by atoms with E-state index in [1.807, 2.05) is 13.8 Å². The second-order valence-electron chi connectivity index (χ2n) is 3.61. The van der Waals surface area contributed by atoms with E-state index in [9.17, 15) is 0 Å². The third-order valence-corrected chi connectivity index (χ3v) is 2.26. The molecule has 0 spiro atoms. The molecule has 15 heavy (non-hydrogen) atoms. The number of hydrogen-bond acceptors (Lipinski definition) is 5. The molecule has 0 saturated carbocycles. The van der Waals surface area contributed by atoms with Crippen molar-refractivity contribution in [3.63, 3.8) is 0 Å². The van der Waals surface area contributed by atoms with E-state index in [1.165, 1.54) is 6.33 Å². The second kappa shape index (κ2) is 5.50. The van der Waals surface area contributed by atoms with Crippen LogP contribution in [0.4, 0.5) is 11.6 Å². The van der Waals surface area contributed by atoms with E-state index in [1.54, 1.807) is 0 Å². The van der Waals surface area contributed by atoms with Gasteiger partial charge in [0.1, 0.15) is 18.0 Å². The molecule has 1 rings (SSSR count). The van der Waals surface area contributed by atoms with E-state index in [2.05, 4.69) is 15.3 Å². The molecule has 0 saturated heterocycles. The molecule has 0 radical (unpaired) electrons. The number of rotatable bonds is 5. The van der Waals surface area contributed by atoms with Crippen molar-refractivity contribution >= 4 is 11.6 Å². The molecule has 0 aliphatic heterocycles. The van der Waals surface area contributed by atoms with Gasteiger partial charge in [0.25, 0.3) is 0 Å². The highest BCUT2D eigenvalue weighted by Gasteiger charge is 2.07. The van der Waals surface area contributed by atoms with Gasteiger partial charge in [-0.15, -0.1) is 0 Å². The first-order valence-electron chi connectivity index (χ1n) is 5.13. The molecule has 1 unspecified atom stereocenters. The minimum absolute atomic E-state index is 0.162. The van der Waals surface area contributed by atoms with E-state index in [0.717, 1.165) is 17.8 Å². The van der Waals surface area contributed by atoms with E-state index >= 15 is 0 Å². The Hall–Kier alpha value is -1.36. The van der Waals surface area contributed by atoms with Crippen LogP contribution in [-0.4, -0.2) is 28.2 Å². The summed E-state index contributed by atoms with van der Waals surface area (Å²) in [6.07, 6.45) is 2.24. The number of aromatic nitrogens is 2. The third-order valence-electron chi connectivity index (χ3n) is 2.26. The minimum atomic E-state index is 0.162. The molecular formula is C10H18N4O. The zero-order valence-corrected chi connectivity index (χ0v) is 9.20. The van der Waals surface area contributed by atoms with Gasteiger partial charge in [-0.05, 0) is 12.3 Å². The summed E-state index contributed by atoms with van der Waals surface area (Å²) >= 11 is 0. The van der Waals surface area contributed by atoms with Gasteiger partial charge >= 0.3 is 0 Å². The highest BCUT2D eigenvalue weighted by Crippen LogP contribution is 2.17. The van der Waals surface area contributed by atoms with Gasteiger partial charge in [-0.25, -0.2) is 9.97 Å². The van der Waals surface area contributed by atoms with Crippen molar-refractivity contribution < 1.29 is 5.11 Å². The zero-order chi connectivity index (χ0) is 11.3. The van der Waals surface area contributed by atoms with Crippen LogP contribution in [0.1, 0.15) is 19.4 Å². The normalized spacial score (nSPS) is 12.5. The maximum atomic E-state index is 8.90. The highest BCUT2D eigenvalue weighted by atomic mass is 16.3. The highest BCUT2D eigenvalue weighted by molar-refractivity contribution is 5.54. The van der Waals surface area contributed by atoms with Gasteiger partial charge in [-0.3, -0.25) is 0 Å². The van der Waals surface area contributed by atoms with Crippen molar-refractivity contribution in [1.29, 1.82) is 0 Å². The lowest BCUT2D eigenvalue weighted by atomic mass is 10.2. The van der Waals surface area contributed by atoms with Gasteiger partial charge in [0, 0.05) is 18.7 Å². The van der Waals surface area contributed by atoms with Crippen LogP contribution < -0.4 is 11.1 Å². The molecule has 1 atom stereocenters.